The molecule has 5 nitrogen and oxygen atoms in total. The van der Waals surface area contributed by atoms with Crippen LogP contribution in [0.25, 0.3) is 0 Å². The van der Waals surface area contributed by atoms with Crippen LogP contribution in [0.15, 0.2) is 22.7 Å². The molecule has 7 heteroatoms. The van der Waals surface area contributed by atoms with E-state index < -0.39 is 17.4 Å². The van der Waals surface area contributed by atoms with Gasteiger partial charge in [0.05, 0.1) is 5.56 Å². The molecule has 0 unspecified atom stereocenters. The summed E-state index contributed by atoms with van der Waals surface area (Å²) in [6.45, 7) is 3.11. The maximum atomic E-state index is 12.6. The first-order valence-electron chi connectivity index (χ1n) is 5.85. The SMILES string of the molecule is CC1(C)C(=O)NC(=O)CN1C(=O)c1cc(I)ccc1Br. The van der Waals surface area contributed by atoms with Crippen molar-refractivity contribution in [2.45, 2.75) is 19.4 Å². The lowest BCUT2D eigenvalue weighted by Crippen LogP contribution is -2.65. The van der Waals surface area contributed by atoms with Gasteiger partial charge in [-0.05, 0) is 70.6 Å². The second kappa shape index (κ2) is 5.44. The van der Waals surface area contributed by atoms with E-state index in [1.165, 1.54) is 4.90 Å². The number of imide groups is 1. The Kier molecular flexibility index (Phi) is 4.19. The van der Waals surface area contributed by atoms with Crippen molar-refractivity contribution >= 4 is 56.2 Å². The Morgan fingerprint density at radius 3 is 2.70 bits per heavy atom. The first-order valence-corrected chi connectivity index (χ1v) is 7.72. The van der Waals surface area contributed by atoms with Crippen LogP contribution in [-0.4, -0.2) is 34.7 Å². The van der Waals surface area contributed by atoms with Gasteiger partial charge in [0.15, 0.2) is 0 Å². The molecular weight excluding hydrogens is 439 g/mol. The number of nitrogens with zero attached hydrogens (tertiary/aromatic N) is 1. The molecule has 0 bridgehead atoms. The number of carbonyl (C=O) groups is 3. The highest BCUT2D eigenvalue weighted by Gasteiger charge is 2.44. The smallest absolute Gasteiger partial charge is 0.256 e. The minimum Gasteiger partial charge on any atom is -0.315 e. The average molecular weight is 451 g/mol. The number of carbonyl (C=O) groups excluding carboxylic acids is 3. The average Bonchev–Trinajstić information content (AvgIpc) is 2.36. The molecule has 1 fully saturated rings. The molecule has 106 valence electrons. The minimum absolute atomic E-state index is 0.129. The van der Waals surface area contributed by atoms with Crippen molar-refractivity contribution in [1.29, 1.82) is 0 Å². The van der Waals surface area contributed by atoms with Crippen LogP contribution in [0.2, 0.25) is 0 Å². The number of hydrogen-bond donors (Lipinski definition) is 1. The fraction of sp³-hybridized carbons (Fsp3) is 0.308. The molecule has 0 atom stereocenters. The second-order valence-corrected chi connectivity index (χ2v) is 7.05. The highest BCUT2D eigenvalue weighted by molar-refractivity contribution is 14.1. The Bertz CT molecular complexity index is 616. The van der Waals surface area contributed by atoms with Crippen LogP contribution in [0, 0.1) is 3.57 Å². The van der Waals surface area contributed by atoms with Crippen molar-refractivity contribution in [2.75, 3.05) is 6.54 Å². The maximum Gasteiger partial charge on any atom is 0.256 e. The molecule has 0 aromatic heterocycles. The molecule has 0 radical (unpaired) electrons. The summed E-state index contributed by atoms with van der Waals surface area (Å²) in [5.41, 5.74) is -0.626. The largest absolute Gasteiger partial charge is 0.315 e. The van der Waals surface area contributed by atoms with Crippen LogP contribution < -0.4 is 5.32 Å². The van der Waals surface area contributed by atoms with Crippen molar-refractivity contribution in [2.24, 2.45) is 0 Å². The van der Waals surface area contributed by atoms with Crippen LogP contribution in [0.5, 0.6) is 0 Å². The van der Waals surface area contributed by atoms with E-state index in [0.717, 1.165) is 3.57 Å². The van der Waals surface area contributed by atoms with Crippen LogP contribution in [0.4, 0.5) is 0 Å². The summed E-state index contributed by atoms with van der Waals surface area (Å²) in [5, 5.41) is 2.25. The molecule has 1 aliphatic heterocycles. The Morgan fingerprint density at radius 1 is 1.40 bits per heavy atom. The highest BCUT2D eigenvalue weighted by atomic mass is 127. The molecule has 1 heterocycles. The molecule has 0 saturated carbocycles. The van der Waals surface area contributed by atoms with E-state index in [1.54, 1.807) is 26.0 Å². The van der Waals surface area contributed by atoms with Gasteiger partial charge < -0.3 is 4.90 Å². The third-order valence-electron chi connectivity index (χ3n) is 3.19. The Balaban J connectivity index is 2.43. The first-order chi connectivity index (χ1) is 9.23. The van der Waals surface area contributed by atoms with Gasteiger partial charge in [0.1, 0.15) is 12.1 Å². The number of benzene rings is 1. The summed E-state index contributed by atoms with van der Waals surface area (Å²) >= 11 is 5.43. The van der Waals surface area contributed by atoms with Gasteiger partial charge in [-0.15, -0.1) is 0 Å². The zero-order chi connectivity index (χ0) is 15.1. The third-order valence-corrected chi connectivity index (χ3v) is 4.55. The summed E-state index contributed by atoms with van der Waals surface area (Å²) in [6.07, 6.45) is 0. The summed E-state index contributed by atoms with van der Waals surface area (Å²) < 4.78 is 1.54. The van der Waals surface area contributed by atoms with Crippen molar-refractivity contribution in [1.82, 2.24) is 10.2 Å². The van der Waals surface area contributed by atoms with E-state index in [1.807, 2.05) is 6.07 Å². The van der Waals surface area contributed by atoms with Gasteiger partial charge in [-0.3, -0.25) is 19.7 Å². The zero-order valence-corrected chi connectivity index (χ0v) is 14.6. The lowest BCUT2D eigenvalue weighted by atomic mass is 9.97. The van der Waals surface area contributed by atoms with Gasteiger partial charge in [-0.2, -0.15) is 0 Å². The zero-order valence-electron chi connectivity index (χ0n) is 10.9. The number of rotatable bonds is 1. The van der Waals surface area contributed by atoms with Gasteiger partial charge in [0, 0.05) is 8.04 Å². The number of nitrogens with one attached hydrogen (secondary N) is 1. The normalized spacial score (nSPS) is 17.9. The Morgan fingerprint density at radius 2 is 2.05 bits per heavy atom. The molecule has 2 rings (SSSR count). The van der Waals surface area contributed by atoms with Gasteiger partial charge in [0.2, 0.25) is 5.91 Å². The van der Waals surface area contributed by atoms with Crippen molar-refractivity contribution in [3.8, 4) is 0 Å². The summed E-state index contributed by atoms with van der Waals surface area (Å²) in [7, 11) is 0. The van der Waals surface area contributed by atoms with E-state index in [9.17, 15) is 14.4 Å². The highest BCUT2D eigenvalue weighted by Crippen LogP contribution is 2.26. The molecule has 1 aliphatic rings. The van der Waals surface area contributed by atoms with Gasteiger partial charge in [-0.1, -0.05) is 0 Å². The fourth-order valence-corrected chi connectivity index (χ4v) is 2.82. The van der Waals surface area contributed by atoms with Gasteiger partial charge in [-0.25, -0.2) is 0 Å². The van der Waals surface area contributed by atoms with Crippen molar-refractivity contribution in [3.63, 3.8) is 0 Å². The number of piperazine rings is 1. The van der Waals surface area contributed by atoms with E-state index in [2.05, 4.69) is 43.8 Å². The summed E-state index contributed by atoms with van der Waals surface area (Å²) in [4.78, 5) is 37.3. The Labute approximate surface area is 138 Å². The minimum atomic E-state index is -1.06. The summed E-state index contributed by atoms with van der Waals surface area (Å²) in [5.74, 6) is -1.28. The first kappa shape index (κ1) is 15.4. The van der Waals surface area contributed by atoms with Crippen LogP contribution in [0.3, 0.4) is 0 Å². The Hall–Kier alpha value is -0.960. The number of hydrogen-bond acceptors (Lipinski definition) is 3. The van der Waals surface area contributed by atoms with Gasteiger partial charge in [0.25, 0.3) is 11.8 Å². The van der Waals surface area contributed by atoms with Crippen molar-refractivity contribution < 1.29 is 14.4 Å². The van der Waals surface area contributed by atoms with Crippen molar-refractivity contribution in [3.05, 3.63) is 31.8 Å². The third kappa shape index (κ3) is 2.73. The topological polar surface area (TPSA) is 66.5 Å². The standard InChI is InChI=1S/C13H12BrIN2O3/c1-13(2)12(20)16-10(18)6-17(13)11(19)8-5-7(15)3-4-9(8)14/h3-5H,6H2,1-2H3,(H,16,18,20). The molecule has 0 spiro atoms. The monoisotopic (exact) mass is 450 g/mol. The molecule has 20 heavy (non-hydrogen) atoms. The quantitative estimate of drug-likeness (QED) is 0.525. The van der Waals surface area contributed by atoms with Crippen LogP contribution >= 0.6 is 38.5 Å². The molecule has 1 aromatic rings. The van der Waals surface area contributed by atoms with E-state index in [4.69, 9.17) is 0 Å². The van der Waals surface area contributed by atoms with Gasteiger partial charge >= 0.3 is 0 Å². The number of amides is 3. The number of halogens is 2. The molecule has 3 amide bonds. The van der Waals surface area contributed by atoms with E-state index in [0.29, 0.717) is 10.0 Å². The van der Waals surface area contributed by atoms with E-state index >= 15 is 0 Å². The molecule has 1 aromatic carbocycles. The predicted octanol–water partition coefficient (Wildman–Crippen LogP) is 1.93. The lowest BCUT2D eigenvalue weighted by Gasteiger charge is -2.40. The maximum absolute atomic E-state index is 12.6. The lowest BCUT2D eigenvalue weighted by molar-refractivity contribution is -0.143. The van der Waals surface area contributed by atoms with E-state index in [-0.39, 0.29) is 12.5 Å². The molecule has 1 N–H and O–H groups in total. The molecule has 0 aliphatic carbocycles. The molecular formula is C13H12BrIN2O3. The predicted molar refractivity (Wildman–Crippen MR) is 85.1 cm³/mol. The van der Waals surface area contributed by atoms with Crippen LogP contribution in [0.1, 0.15) is 24.2 Å². The van der Waals surface area contributed by atoms with Crippen LogP contribution in [-0.2, 0) is 9.59 Å². The second-order valence-electron chi connectivity index (χ2n) is 4.95. The molecule has 1 saturated heterocycles. The fourth-order valence-electron chi connectivity index (χ4n) is 1.92. The summed E-state index contributed by atoms with van der Waals surface area (Å²) in [6, 6.07) is 5.36.